The number of esters is 1. The van der Waals surface area contributed by atoms with Gasteiger partial charge in [-0.05, 0) is 42.8 Å². The molecule has 2 rings (SSSR count). The maximum Gasteiger partial charge on any atom is 0.338 e. The molecule has 2 aromatic carbocycles. The quantitative estimate of drug-likeness (QED) is 0.672. The highest BCUT2D eigenvalue weighted by Gasteiger charge is 2.05. The first-order valence-corrected chi connectivity index (χ1v) is 6.80. The van der Waals surface area contributed by atoms with Crippen molar-refractivity contribution in [3.8, 4) is 5.75 Å². The lowest BCUT2D eigenvalue weighted by atomic mass is 10.2. The molecule has 2 aromatic rings. The highest BCUT2D eigenvalue weighted by atomic mass is 16.5. The molecule has 0 amide bonds. The zero-order chi connectivity index (χ0) is 15.1. The molecule has 0 saturated carbocycles. The molecule has 4 heteroatoms. The number of aliphatic imine (C=N–C) groups is 1. The molecule has 0 aromatic heterocycles. The molecule has 0 bridgehead atoms. The second-order valence-electron chi connectivity index (χ2n) is 4.50. The Morgan fingerprint density at radius 1 is 1.19 bits per heavy atom. The number of carbonyl (C=O) groups is 1. The van der Waals surface area contributed by atoms with E-state index in [9.17, 15) is 9.90 Å². The van der Waals surface area contributed by atoms with Crippen molar-refractivity contribution in [2.45, 2.75) is 13.3 Å². The third kappa shape index (κ3) is 4.18. The summed E-state index contributed by atoms with van der Waals surface area (Å²) >= 11 is 0. The number of para-hydroxylation sites is 1. The number of carbonyl (C=O) groups excluding carboxylic acids is 1. The van der Waals surface area contributed by atoms with Crippen LogP contribution in [-0.2, 0) is 4.74 Å². The van der Waals surface area contributed by atoms with Crippen molar-refractivity contribution >= 4 is 17.9 Å². The molecular weight excluding hydrogens is 266 g/mol. The Morgan fingerprint density at radius 3 is 2.57 bits per heavy atom. The van der Waals surface area contributed by atoms with Gasteiger partial charge in [-0.3, -0.25) is 4.99 Å². The number of rotatable bonds is 5. The lowest BCUT2D eigenvalue weighted by Crippen LogP contribution is -2.05. The van der Waals surface area contributed by atoms with Gasteiger partial charge in [-0.25, -0.2) is 4.79 Å². The van der Waals surface area contributed by atoms with Crippen molar-refractivity contribution in [3.63, 3.8) is 0 Å². The minimum absolute atomic E-state index is 0.181. The van der Waals surface area contributed by atoms with Gasteiger partial charge in [-0.1, -0.05) is 19.1 Å². The summed E-state index contributed by atoms with van der Waals surface area (Å²) in [4.78, 5) is 15.9. The third-order valence-corrected chi connectivity index (χ3v) is 2.83. The van der Waals surface area contributed by atoms with Gasteiger partial charge in [-0.2, -0.15) is 0 Å². The molecule has 0 aliphatic rings. The Morgan fingerprint density at radius 2 is 1.90 bits per heavy atom. The van der Waals surface area contributed by atoms with E-state index in [2.05, 4.69) is 4.99 Å². The molecule has 0 fully saturated rings. The smallest absolute Gasteiger partial charge is 0.338 e. The van der Waals surface area contributed by atoms with E-state index in [0.29, 0.717) is 23.4 Å². The number of hydrogen-bond donors (Lipinski definition) is 1. The van der Waals surface area contributed by atoms with Gasteiger partial charge in [0.05, 0.1) is 17.9 Å². The molecule has 0 atom stereocenters. The van der Waals surface area contributed by atoms with Crippen molar-refractivity contribution in [1.82, 2.24) is 0 Å². The van der Waals surface area contributed by atoms with Gasteiger partial charge in [0.1, 0.15) is 5.75 Å². The lowest BCUT2D eigenvalue weighted by Gasteiger charge is -2.03. The molecule has 0 radical (unpaired) electrons. The van der Waals surface area contributed by atoms with E-state index in [1.54, 1.807) is 48.7 Å². The minimum atomic E-state index is -0.326. The normalized spacial score (nSPS) is 10.7. The van der Waals surface area contributed by atoms with Crippen molar-refractivity contribution in [2.75, 3.05) is 6.61 Å². The Kier molecular flexibility index (Phi) is 5.10. The summed E-state index contributed by atoms with van der Waals surface area (Å²) in [6.45, 7) is 2.37. The van der Waals surface area contributed by atoms with Crippen molar-refractivity contribution in [2.24, 2.45) is 4.99 Å². The van der Waals surface area contributed by atoms with E-state index < -0.39 is 0 Å². The number of phenolic OH excluding ortho intramolecular Hbond substituents is 1. The first-order chi connectivity index (χ1) is 10.2. The van der Waals surface area contributed by atoms with Crippen LogP contribution in [0.5, 0.6) is 5.75 Å². The predicted molar refractivity (Wildman–Crippen MR) is 82.4 cm³/mol. The predicted octanol–water partition coefficient (Wildman–Crippen LogP) is 3.71. The second-order valence-corrected chi connectivity index (χ2v) is 4.50. The van der Waals surface area contributed by atoms with Crippen LogP contribution in [0.3, 0.4) is 0 Å². The summed E-state index contributed by atoms with van der Waals surface area (Å²) in [6.07, 6.45) is 2.38. The SMILES string of the molecule is CCCOC(=O)c1ccc(N=Cc2ccccc2O)cc1. The standard InChI is InChI=1S/C17H17NO3/c1-2-11-21-17(20)13-7-9-15(10-8-13)18-12-14-5-3-4-6-16(14)19/h3-10,12,19H,2,11H2,1H3. The average Bonchev–Trinajstić information content (AvgIpc) is 2.52. The van der Waals surface area contributed by atoms with Gasteiger partial charge >= 0.3 is 5.97 Å². The number of benzene rings is 2. The van der Waals surface area contributed by atoms with Crippen LogP contribution < -0.4 is 0 Å². The van der Waals surface area contributed by atoms with Crippen LogP contribution in [0.1, 0.15) is 29.3 Å². The molecule has 4 nitrogen and oxygen atoms in total. The summed E-state index contributed by atoms with van der Waals surface area (Å²) in [5.41, 5.74) is 1.85. The van der Waals surface area contributed by atoms with Crippen molar-refractivity contribution in [3.05, 3.63) is 59.7 Å². The molecular formula is C17H17NO3. The topological polar surface area (TPSA) is 58.9 Å². The van der Waals surface area contributed by atoms with E-state index in [0.717, 1.165) is 6.42 Å². The van der Waals surface area contributed by atoms with E-state index in [1.807, 2.05) is 13.0 Å². The van der Waals surface area contributed by atoms with Crippen LogP contribution in [0.2, 0.25) is 0 Å². The Bertz CT molecular complexity index is 633. The number of aromatic hydroxyl groups is 1. The number of ether oxygens (including phenoxy) is 1. The van der Waals surface area contributed by atoms with Crippen LogP contribution in [-0.4, -0.2) is 23.9 Å². The molecule has 108 valence electrons. The largest absolute Gasteiger partial charge is 0.507 e. The fourth-order valence-corrected chi connectivity index (χ4v) is 1.70. The molecule has 0 heterocycles. The fourth-order valence-electron chi connectivity index (χ4n) is 1.70. The highest BCUT2D eigenvalue weighted by Crippen LogP contribution is 2.17. The van der Waals surface area contributed by atoms with Crippen LogP contribution in [0.25, 0.3) is 0 Å². The van der Waals surface area contributed by atoms with E-state index >= 15 is 0 Å². The first-order valence-electron chi connectivity index (χ1n) is 6.80. The Labute approximate surface area is 123 Å². The summed E-state index contributed by atoms with van der Waals surface area (Å²) in [5.74, 6) is -0.144. The van der Waals surface area contributed by atoms with E-state index in [-0.39, 0.29) is 11.7 Å². The van der Waals surface area contributed by atoms with Gasteiger partial charge in [0.25, 0.3) is 0 Å². The molecule has 0 aliphatic carbocycles. The van der Waals surface area contributed by atoms with E-state index in [1.165, 1.54) is 0 Å². The van der Waals surface area contributed by atoms with Gasteiger partial charge in [0.15, 0.2) is 0 Å². The summed E-state index contributed by atoms with van der Waals surface area (Å²) in [5, 5.41) is 9.64. The maximum atomic E-state index is 11.6. The minimum Gasteiger partial charge on any atom is -0.507 e. The van der Waals surface area contributed by atoms with Gasteiger partial charge in [0, 0.05) is 11.8 Å². The van der Waals surface area contributed by atoms with Crippen LogP contribution >= 0.6 is 0 Å². The summed E-state index contributed by atoms with van der Waals surface area (Å²) < 4.78 is 5.05. The number of hydrogen-bond acceptors (Lipinski definition) is 4. The van der Waals surface area contributed by atoms with Gasteiger partial charge in [0.2, 0.25) is 0 Å². The number of nitrogens with zero attached hydrogens (tertiary/aromatic N) is 1. The van der Waals surface area contributed by atoms with Crippen LogP contribution in [0.15, 0.2) is 53.5 Å². The summed E-state index contributed by atoms with van der Waals surface area (Å²) in [7, 11) is 0. The van der Waals surface area contributed by atoms with E-state index in [4.69, 9.17) is 4.74 Å². The molecule has 0 unspecified atom stereocenters. The van der Waals surface area contributed by atoms with Gasteiger partial charge in [-0.15, -0.1) is 0 Å². The molecule has 1 N–H and O–H groups in total. The van der Waals surface area contributed by atoms with Crippen LogP contribution in [0.4, 0.5) is 5.69 Å². The summed E-state index contributed by atoms with van der Waals surface area (Å²) in [6, 6.07) is 13.8. The maximum absolute atomic E-state index is 11.6. The average molecular weight is 283 g/mol. The Hall–Kier alpha value is -2.62. The molecule has 0 spiro atoms. The zero-order valence-corrected chi connectivity index (χ0v) is 11.8. The van der Waals surface area contributed by atoms with Crippen LogP contribution in [0, 0.1) is 0 Å². The lowest BCUT2D eigenvalue weighted by molar-refractivity contribution is 0.0505. The highest BCUT2D eigenvalue weighted by molar-refractivity contribution is 5.90. The third-order valence-electron chi connectivity index (χ3n) is 2.83. The van der Waals surface area contributed by atoms with Gasteiger partial charge < -0.3 is 9.84 Å². The molecule has 0 saturated heterocycles. The second kappa shape index (κ2) is 7.24. The van der Waals surface area contributed by atoms with Crippen molar-refractivity contribution in [1.29, 1.82) is 0 Å². The first kappa shape index (κ1) is 14.8. The molecule has 0 aliphatic heterocycles. The zero-order valence-electron chi connectivity index (χ0n) is 11.8. The van der Waals surface area contributed by atoms with Crippen molar-refractivity contribution < 1.29 is 14.6 Å². The monoisotopic (exact) mass is 283 g/mol. The molecule has 21 heavy (non-hydrogen) atoms. The number of phenols is 1. The fraction of sp³-hybridized carbons (Fsp3) is 0.176. The Balaban J connectivity index is 2.06.